The molecule has 0 radical (unpaired) electrons. The molecule has 136 valence electrons. The maximum atomic E-state index is 12.4. The molecule has 1 unspecified atom stereocenters. The van der Waals surface area contributed by atoms with Crippen molar-refractivity contribution in [1.82, 2.24) is 19.7 Å². The largest absolute Gasteiger partial charge is 0.493 e. The Labute approximate surface area is 151 Å². The van der Waals surface area contributed by atoms with E-state index in [9.17, 15) is 4.79 Å². The van der Waals surface area contributed by atoms with E-state index < -0.39 is 0 Å². The molecular formula is C19H23N5O2. The number of nitrogens with one attached hydrogen (secondary N) is 2. The first-order chi connectivity index (χ1) is 12.4. The van der Waals surface area contributed by atoms with Gasteiger partial charge in [0.1, 0.15) is 11.1 Å². The lowest BCUT2D eigenvalue weighted by Gasteiger charge is -2.26. The topological polar surface area (TPSA) is 84.8 Å². The molecule has 2 aromatic heterocycles. The number of ether oxygens (including phenoxy) is 1. The fourth-order valence-corrected chi connectivity index (χ4v) is 3.34. The van der Waals surface area contributed by atoms with E-state index in [1.807, 2.05) is 39.0 Å². The highest BCUT2D eigenvalue weighted by Crippen LogP contribution is 2.33. The van der Waals surface area contributed by atoms with Crippen molar-refractivity contribution in [2.75, 3.05) is 18.5 Å². The molecule has 4 rings (SSSR count). The molecule has 1 aliphatic heterocycles. The van der Waals surface area contributed by atoms with E-state index in [1.165, 1.54) is 5.56 Å². The lowest BCUT2D eigenvalue weighted by molar-refractivity contribution is 0.270. The highest BCUT2D eigenvalue weighted by atomic mass is 16.5. The molecule has 0 bridgehead atoms. The Hall–Kier alpha value is -2.83. The van der Waals surface area contributed by atoms with Crippen LogP contribution < -0.4 is 15.6 Å². The molecule has 0 aliphatic carbocycles. The maximum Gasteiger partial charge on any atom is 0.263 e. The summed E-state index contributed by atoms with van der Waals surface area (Å²) in [6, 6.07) is 8.09. The van der Waals surface area contributed by atoms with Crippen molar-refractivity contribution in [3.8, 4) is 5.75 Å². The number of aromatic amines is 1. The average Bonchev–Trinajstić information content (AvgIpc) is 3.05. The Morgan fingerprint density at radius 1 is 1.35 bits per heavy atom. The molecule has 26 heavy (non-hydrogen) atoms. The zero-order valence-corrected chi connectivity index (χ0v) is 15.2. The number of hydrogen-bond donors (Lipinski definition) is 2. The smallest absolute Gasteiger partial charge is 0.263 e. The number of rotatable bonds is 3. The van der Waals surface area contributed by atoms with E-state index in [0.717, 1.165) is 12.2 Å². The van der Waals surface area contributed by atoms with Crippen molar-refractivity contribution in [1.29, 1.82) is 0 Å². The fourth-order valence-electron chi connectivity index (χ4n) is 3.34. The van der Waals surface area contributed by atoms with Crippen LogP contribution in [-0.2, 0) is 5.54 Å². The quantitative estimate of drug-likeness (QED) is 0.756. The molecule has 7 heteroatoms. The minimum atomic E-state index is -0.251. The number of aromatic nitrogens is 4. The summed E-state index contributed by atoms with van der Waals surface area (Å²) in [4.78, 5) is 19.8. The van der Waals surface area contributed by atoms with Gasteiger partial charge in [0.25, 0.3) is 5.56 Å². The van der Waals surface area contributed by atoms with Crippen molar-refractivity contribution in [3.05, 3.63) is 46.4 Å². The normalized spacial score (nSPS) is 17.0. The third-order valence-electron chi connectivity index (χ3n) is 4.67. The van der Waals surface area contributed by atoms with E-state index in [1.54, 1.807) is 10.9 Å². The number of anilines is 1. The minimum Gasteiger partial charge on any atom is -0.493 e. The Bertz CT molecular complexity index is 999. The van der Waals surface area contributed by atoms with Crippen LogP contribution in [0.5, 0.6) is 5.75 Å². The monoisotopic (exact) mass is 353 g/mol. The third kappa shape index (κ3) is 2.94. The van der Waals surface area contributed by atoms with Crippen LogP contribution in [0.15, 0.2) is 35.3 Å². The van der Waals surface area contributed by atoms with Crippen LogP contribution in [0.1, 0.15) is 38.7 Å². The summed E-state index contributed by atoms with van der Waals surface area (Å²) >= 11 is 0. The summed E-state index contributed by atoms with van der Waals surface area (Å²) in [5, 5.41) is 8.13. The van der Waals surface area contributed by atoms with Crippen molar-refractivity contribution in [3.63, 3.8) is 0 Å². The lowest BCUT2D eigenvalue weighted by Crippen LogP contribution is -2.25. The van der Waals surface area contributed by atoms with Crippen LogP contribution in [0, 0.1) is 0 Å². The van der Waals surface area contributed by atoms with Crippen LogP contribution in [0.4, 0.5) is 5.95 Å². The van der Waals surface area contributed by atoms with E-state index in [2.05, 4.69) is 26.4 Å². The van der Waals surface area contributed by atoms with Crippen LogP contribution in [0.2, 0.25) is 0 Å². The van der Waals surface area contributed by atoms with Crippen LogP contribution in [-0.4, -0.2) is 32.9 Å². The Morgan fingerprint density at radius 3 is 2.96 bits per heavy atom. The van der Waals surface area contributed by atoms with E-state index >= 15 is 0 Å². The summed E-state index contributed by atoms with van der Waals surface area (Å²) < 4.78 is 7.50. The fraction of sp³-hybridized carbons (Fsp3) is 0.421. The SMILES string of the molecule is CC(C)(C)n1ncc2c(=O)[nH]c(NCC3CCOc4ccccc43)nc21. The Balaban J connectivity index is 1.62. The number of H-pyrrole nitrogens is 1. The number of benzene rings is 1. The van der Waals surface area contributed by atoms with Crippen molar-refractivity contribution in [2.24, 2.45) is 0 Å². The molecule has 3 heterocycles. The van der Waals surface area contributed by atoms with Crippen molar-refractivity contribution < 1.29 is 4.74 Å². The molecule has 0 saturated carbocycles. The van der Waals surface area contributed by atoms with E-state index in [0.29, 0.717) is 36.1 Å². The number of fused-ring (bicyclic) bond motifs is 2. The van der Waals surface area contributed by atoms with Gasteiger partial charge in [-0.1, -0.05) is 18.2 Å². The van der Waals surface area contributed by atoms with Gasteiger partial charge in [0, 0.05) is 12.5 Å². The van der Waals surface area contributed by atoms with Gasteiger partial charge in [0.2, 0.25) is 5.95 Å². The summed E-state index contributed by atoms with van der Waals surface area (Å²) in [7, 11) is 0. The number of nitrogens with zero attached hydrogens (tertiary/aromatic N) is 3. The second-order valence-electron chi connectivity index (χ2n) is 7.63. The molecular weight excluding hydrogens is 330 g/mol. The number of para-hydroxylation sites is 1. The average molecular weight is 353 g/mol. The second-order valence-corrected chi connectivity index (χ2v) is 7.63. The predicted molar refractivity (Wildman–Crippen MR) is 101 cm³/mol. The highest BCUT2D eigenvalue weighted by Gasteiger charge is 2.22. The van der Waals surface area contributed by atoms with Crippen molar-refractivity contribution >= 4 is 17.0 Å². The zero-order valence-electron chi connectivity index (χ0n) is 15.2. The Morgan fingerprint density at radius 2 is 2.15 bits per heavy atom. The zero-order chi connectivity index (χ0) is 18.3. The molecule has 7 nitrogen and oxygen atoms in total. The first-order valence-electron chi connectivity index (χ1n) is 8.87. The van der Waals surface area contributed by atoms with Gasteiger partial charge in [-0.15, -0.1) is 0 Å². The highest BCUT2D eigenvalue weighted by molar-refractivity contribution is 5.74. The summed E-state index contributed by atoms with van der Waals surface area (Å²) in [5.41, 5.74) is 1.35. The van der Waals surface area contributed by atoms with Gasteiger partial charge in [-0.3, -0.25) is 9.78 Å². The van der Waals surface area contributed by atoms with Crippen molar-refractivity contribution in [2.45, 2.75) is 38.6 Å². The van der Waals surface area contributed by atoms with Gasteiger partial charge in [0.15, 0.2) is 5.65 Å². The van der Waals surface area contributed by atoms with Gasteiger partial charge in [-0.25, -0.2) is 4.68 Å². The second kappa shape index (κ2) is 6.16. The predicted octanol–water partition coefficient (Wildman–Crippen LogP) is 2.85. The lowest BCUT2D eigenvalue weighted by atomic mass is 9.93. The molecule has 3 aromatic rings. The molecule has 1 aliphatic rings. The summed E-state index contributed by atoms with van der Waals surface area (Å²) in [6.45, 7) is 7.48. The standard InChI is InChI=1S/C19H23N5O2/c1-19(2,3)24-16-14(11-21-24)17(25)23-18(22-16)20-10-12-8-9-26-15-7-5-4-6-13(12)15/h4-7,11-12H,8-10H2,1-3H3,(H2,20,22,23,25). The van der Waals surface area contributed by atoms with Gasteiger partial charge < -0.3 is 10.1 Å². The molecule has 0 amide bonds. The summed E-state index contributed by atoms with van der Waals surface area (Å²) in [5.74, 6) is 1.72. The minimum absolute atomic E-state index is 0.180. The van der Waals surface area contributed by atoms with Crippen LogP contribution in [0.3, 0.4) is 0 Å². The van der Waals surface area contributed by atoms with Gasteiger partial charge in [-0.2, -0.15) is 10.1 Å². The summed E-state index contributed by atoms with van der Waals surface area (Å²) in [6.07, 6.45) is 2.50. The molecule has 1 aromatic carbocycles. The third-order valence-corrected chi connectivity index (χ3v) is 4.67. The van der Waals surface area contributed by atoms with Gasteiger partial charge >= 0.3 is 0 Å². The Kier molecular flexibility index (Phi) is 3.94. The van der Waals surface area contributed by atoms with Crippen LogP contribution in [0.25, 0.3) is 11.0 Å². The van der Waals surface area contributed by atoms with E-state index in [-0.39, 0.29) is 11.1 Å². The molecule has 2 N–H and O–H groups in total. The molecule has 0 fully saturated rings. The first kappa shape index (κ1) is 16.6. The van der Waals surface area contributed by atoms with E-state index in [4.69, 9.17) is 4.74 Å². The number of hydrogen-bond acceptors (Lipinski definition) is 5. The van der Waals surface area contributed by atoms with Gasteiger partial charge in [-0.05, 0) is 38.8 Å². The molecule has 0 spiro atoms. The molecule has 1 atom stereocenters. The first-order valence-corrected chi connectivity index (χ1v) is 8.87. The molecule has 0 saturated heterocycles. The van der Waals surface area contributed by atoms with Crippen LogP contribution >= 0.6 is 0 Å². The maximum absolute atomic E-state index is 12.4. The van der Waals surface area contributed by atoms with Gasteiger partial charge in [0.05, 0.1) is 18.3 Å².